The van der Waals surface area contributed by atoms with Crippen LogP contribution in [0.3, 0.4) is 0 Å². The number of carbonyl (C=O) groups is 1. The van der Waals surface area contributed by atoms with Crippen LogP contribution in [-0.2, 0) is 11.3 Å². The Hall–Kier alpha value is -2.15. The predicted molar refractivity (Wildman–Crippen MR) is 114 cm³/mol. The lowest BCUT2D eigenvalue weighted by molar-refractivity contribution is -0.117. The molecule has 7 heteroatoms. The van der Waals surface area contributed by atoms with Gasteiger partial charge in [-0.2, -0.15) is 0 Å². The molecule has 0 aromatic heterocycles. The fourth-order valence-corrected chi connectivity index (χ4v) is 3.54. The molecule has 3 rings (SSSR count). The van der Waals surface area contributed by atoms with Crippen LogP contribution in [0.25, 0.3) is 0 Å². The van der Waals surface area contributed by atoms with Crippen LogP contribution >= 0.6 is 11.6 Å². The van der Waals surface area contributed by atoms with Crippen molar-refractivity contribution in [3.8, 4) is 5.75 Å². The maximum atomic E-state index is 14.0. The average Bonchev–Trinajstić information content (AvgIpc) is 2.71. The molecule has 29 heavy (non-hydrogen) atoms. The summed E-state index contributed by atoms with van der Waals surface area (Å²) in [6, 6.07) is 12.2. The fourth-order valence-electron chi connectivity index (χ4n) is 3.31. The van der Waals surface area contributed by atoms with Gasteiger partial charge in [0.1, 0.15) is 11.6 Å². The topological polar surface area (TPSA) is 44.8 Å². The number of ether oxygens (including phenoxy) is 1. The summed E-state index contributed by atoms with van der Waals surface area (Å²) in [5.74, 6) is 0.348. The number of piperazine rings is 1. The van der Waals surface area contributed by atoms with Gasteiger partial charge in [0.15, 0.2) is 0 Å². The summed E-state index contributed by atoms with van der Waals surface area (Å²) in [6.07, 6.45) is 0.907. The summed E-state index contributed by atoms with van der Waals surface area (Å²) in [5.41, 5.74) is 1.22. The van der Waals surface area contributed by atoms with Crippen molar-refractivity contribution >= 4 is 23.2 Å². The second kappa shape index (κ2) is 10.6. The molecule has 0 aliphatic carbocycles. The molecule has 1 amide bonds. The zero-order chi connectivity index (χ0) is 20.6. The summed E-state index contributed by atoms with van der Waals surface area (Å²) in [7, 11) is 0. The number of hydrogen-bond acceptors (Lipinski definition) is 4. The maximum Gasteiger partial charge on any atom is 0.238 e. The Kier molecular flexibility index (Phi) is 7.86. The lowest BCUT2D eigenvalue weighted by Crippen LogP contribution is -2.48. The second-order valence-electron chi connectivity index (χ2n) is 7.15. The van der Waals surface area contributed by atoms with Crippen molar-refractivity contribution in [1.29, 1.82) is 0 Å². The van der Waals surface area contributed by atoms with Crippen molar-refractivity contribution in [3.05, 3.63) is 58.9 Å². The number of halogens is 2. The molecular weight excluding hydrogens is 393 g/mol. The molecule has 0 spiro atoms. The van der Waals surface area contributed by atoms with Gasteiger partial charge in [-0.3, -0.25) is 14.6 Å². The Morgan fingerprint density at radius 3 is 2.55 bits per heavy atom. The first-order valence-electron chi connectivity index (χ1n) is 9.96. The third-order valence-corrected chi connectivity index (χ3v) is 5.25. The smallest absolute Gasteiger partial charge is 0.238 e. The van der Waals surface area contributed by atoms with Crippen molar-refractivity contribution in [1.82, 2.24) is 9.80 Å². The van der Waals surface area contributed by atoms with E-state index in [9.17, 15) is 9.18 Å². The number of benzene rings is 2. The monoisotopic (exact) mass is 419 g/mol. The van der Waals surface area contributed by atoms with Gasteiger partial charge in [0.05, 0.1) is 18.8 Å². The first-order chi connectivity index (χ1) is 14.1. The third kappa shape index (κ3) is 6.16. The van der Waals surface area contributed by atoms with Crippen molar-refractivity contribution in [2.24, 2.45) is 0 Å². The van der Waals surface area contributed by atoms with E-state index in [1.165, 1.54) is 6.07 Å². The molecule has 1 N–H and O–H groups in total. The molecule has 1 aliphatic rings. The summed E-state index contributed by atoms with van der Waals surface area (Å²) in [4.78, 5) is 16.7. The van der Waals surface area contributed by atoms with Crippen LogP contribution in [0.15, 0.2) is 42.5 Å². The lowest BCUT2D eigenvalue weighted by Gasteiger charge is -2.34. The minimum Gasteiger partial charge on any atom is -0.491 e. The highest BCUT2D eigenvalue weighted by atomic mass is 35.5. The number of para-hydroxylation sites is 2. The van der Waals surface area contributed by atoms with Crippen LogP contribution in [0, 0.1) is 5.82 Å². The van der Waals surface area contributed by atoms with Gasteiger partial charge in [-0.05, 0) is 30.7 Å². The summed E-state index contributed by atoms with van der Waals surface area (Å²) >= 11 is 6.13. The molecule has 1 saturated heterocycles. The van der Waals surface area contributed by atoms with E-state index < -0.39 is 0 Å². The van der Waals surface area contributed by atoms with Crippen molar-refractivity contribution in [2.75, 3.05) is 44.6 Å². The maximum absolute atomic E-state index is 14.0. The molecular formula is C22H27ClFN3O2. The summed E-state index contributed by atoms with van der Waals surface area (Å²) < 4.78 is 19.7. The van der Waals surface area contributed by atoms with Gasteiger partial charge in [-0.25, -0.2) is 4.39 Å². The molecule has 0 bridgehead atoms. The molecule has 2 aromatic rings. The van der Waals surface area contributed by atoms with Crippen LogP contribution in [0.4, 0.5) is 10.1 Å². The number of amides is 1. The predicted octanol–water partition coefficient (Wildman–Crippen LogP) is 4.02. The van der Waals surface area contributed by atoms with Crippen molar-refractivity contribution < 1.29 is 13.9 Å². The molecule has 0 unspecified atom stereocenters. The fraction of sp³-hybridized carbons (Fsp3) is 0.409. The molecule has 1 fully saturated rings. The van der Waals surface area contributed by atoms with Gasteiger partial charge in [0.25, 0.3) is 0 Å². The van der Waals surface area contributed by atoms with E-state index in [4.69, 9.17) is 16.3 Å². The quantitative estimate of drug-likeness (QED) is 0.701. The Labute approximate surface area is 176 Å². The number of anilines is 1. The first-order valence-corrected chi connectivity index (χ1v) is 10.3. The Bertz CT molecular complexity index is 805. The standard InChI is InChI=1S/C22H27ClFN3O2/c1-2-14-29-21-9-4-3-8-20(21)25-22(28)16-27-12-10-26(11-13-27)15-17-18(23)6-5-7-19(17)24/h3-9H,2,10-16H2,1H3,(H,25,28). The van der Waals surface area contributed by atoms with Gasteiger partial charge >= 0.3 is 0 Å². The van der Waals surface area contributed by atoms with Crippen LogP contribution < -0.4 is 10.1 Å². The van der Waals surface area contributed by atoms with E-state index in [2.05, 4.69) is 15.1 Å². The zero-order valence-corrected chi connectivity index (χ0v) is 17.4. The van der Waals surface area contributed by atoms with E-state index >= 15 is 0 Å². The van der Waals surface area contributed by atoms with Gasteiger partial charge in [-0.15, -0.1) is 0 Å². The van der Waals surface area contributed by atoms with Gasteiger partial charge in [0.2, 0.25) is 5.91 Å². The molecule has 0 radical (unpaired) electrons. The van der Waals surface area contributed by atoms with E-state index in [0.29, 0.717) is 41.7 Å². The van der Waals surface area contributed by atoms with Crippen LogP contribution in [0.1, 0.15) is 18.9 Å². The molecule has 0 atom stereocenters. The molecule has 1 heterocycles. The van der Waals surface area contributed by atoms with Crippen LogP contribution in [-0.4, -0.2) is 55.0 Å². The average molecular weight is 420 g/mol. The number of nitrogens with zero attached hydrogens (tertiary/aromatic N) is 2. The highest BCUT2D eigenvalue weighted by Gasteiger charge is 2.21. The Morgan fingerprint density at radius 2 is 1.83 bits per heavy atom. The van der Waals surface area contributed by atoms with E-state index in [-0.39, 0.29) is 11.7 Å². The largest absolute Gasteiger partial charge is 0.491 e. The lowest BCUT2D eigenvalue weighted by atomic mass is 10.2. The van der Waals surface area contributed by atoms with Gasteiger partial charge in [-0.1, -0.05) is 36.7 Å². The normalized spacial score (nSPS) is 15.3. The summed E-state index contributed by atoms with van der Waals surface area (Å²) in [6.45, 7) is 6.45. The molecule has 2 aromatic carbocycles. The Balaban J connectivity index is 1.48. The highest BCUT2D eigenvalue weighted by molar-refractivity contribution is 6.31. The van der Waals surface area contributed by atoms with Gasteiger partial charge < -0.3 is 10.1 Å². The SMILES string of the molecule is CCCOc1ccccc1NC(=O)CN1CCN(Cc2c(F)cccc2Cl)CC1. The molecule has 1 aliphatic heterocycles. The molecule has 156 valence electrons. The third-order valence-electron chi connectivity index (χ3n) is 4.90. The minimum atomic E-state index is -0.275. The zero-order valence-electron chi connectivity index (χ0n) is 16.7. The number of hydrogen-bond donors (Lipinski definition) is 1. The minimum absolute atomic E-state index is 0.0665. The first kappa shape index (κ1) is 21.6. The van der Waals surface area contributed by atoms with E-state index in [1.54, 1.807) is 12.1 Å². The Morgan fingerprint density at radius 1 is 1.10 bits per heavy atom. The number of rotatable bonds is 8. The van der Waals surface area contributed by atoms with Crippen molar-refractivity contribution in [2.45, 2.75) is 19.9 Å². The highest BCUT2D eigenvalue weighted by Crippen LogP contribution is 2.24. The van der Waals surface area contributed by atoms with Crippen LogP contribution in [0.5, 0.6) is 5.75 Å². The summed E-state index contributed by atoms with van der Waals surface area (Å²) in [5, 5.41) is 3.40. The molecule has 5 nitrogen and oxygen atoms in total. The van der Waals surface area contributed by atoms with E-state index in [1.807, 2.05) is 31.2 Å². The van der Waals surface area contributed by atoms with Crippen molar-refractivity contribution in [3.63, 3.8) is 0 Å². The second-order valence-corrected chi connectivity index (χ2v) is 7.55. The number of carbonyl (C=O) groups excluding carboxylic acids is 1. The van der Waals surface area contributed by atoms with Crippen LogP contribution in [0.2, 0.25) is 5.02 Å². The van der Waals surface area contributed by atoms with Gasteiger partial charge in [0, 0.05) is 43.3 Å². The number of nitrogens with one attached hydrogen (secondary N) is 1. The molecule has 0 saturated carbocycles. The van der Waals surface area contributed by atoms with E-state index in [0.717, 1.165) is 32.6 Å².